The molecule has 1 saturated heterocycles. The van der Waals surface area contributed by atoms with Crippen molar-refractivity contribution >= 4 is 29.3 Å². The summed E-state index contributed by atoms with van der Waals surface area (Å²) < 4.78 is 14.8. The quantitative estimate of drug-likeness (QED) is 0.434. The molecule has 3 unspecified atom stereocenters. The number of amidine groups is 1. The monoisotopic (exact) mass is 530 g/mol. The Morgan fingerprint density at radius 2 is 1.76 bits per heavy atom. The fourth-order valence-corrected chi connectivity index (χ4v) is 5.60. The second-order valence-corrected chi connectivity index (χ2v) is 10.4. The first-order valence-electron chi connectivity index (χ1n) is 12.5. The minimum Gasteiger partial charge on any atom is -0.349 e. The highest BCUT2D eigenvalue weighted by atomic mass is 35.5. The molecule has 0 N–H and O–H groups in total. The van der Waals surface area contributed by atoms with Gasteiger partial charge in [-0.3, -0.25) is 9.59 Å². The Kier molecular flexibility index (Phi) is 6.65. The molecule has 1 aromatic heterocycles. The van der Waals surface area contributed by atoms with Crippen molar-refractivity contribution in [2.45, 2.75) is 38.3 Å². The molecule has 3 heterocycles. The molecule has 6 nitrogen and oxygen atoms in total. The average Bonchev–Trinajstić information content (AvgIpc) is 2.92. The highest BCUT2D eigenvalue weighted by Crippen LogP contribution is 2.42. The van der Waals surface area contributed by atoms with Gasteiger partial charge < -0.3 is 9.80 Å². The molecule has 38 heavy (non-hydrogen) atoms. The maximum absolute atomic E-state index is 14.8. The number of halogens is 2. The predicted molar refractivity (Wildman–Crippen MR) is 147 cm³/mol. The molecular formula is C30H28ClFN4O2. The fourth-order valence-electron chi connectivity index (χ4n) is 5.35. The van der Waals surface area contributed by atoms with Crippen LogP contribution in [0.4, 0.5) is 4.39 Å². The molecule has 3 aromatic rings. The van der Waals surface area contributed by atoms with E-state index in [1.54, 1.807) is 36.1 Å². The lowest BCUT2D eigenvalue weighted by atomic mass is 9.74. The highest BCUT2D eigenvalue weighted by molar-refractivity contribution is 6.33. The van der Waals surface area contributed by atoms with Gasteiger partial charge in [0.05, 0.1) is 16.4 Å². The summed E-state index contributed by atoms with van der Waals surface area (Å²) >= 11 is 6.74. The molecule has 2 aliphatic rings. The number of fused-ring (bicyclic) bond motifs is 1. The molecule has 0 bridgehead atoms. The summed E-state index contributed by atoms with van der Waals surface area (Å²) in [5.41, 5.74) is 1.12. The van der Waals surface area contributed by atoms with Gasteiger partial charge in [-0.05, 0) is 50.6 Å². The summed E-state index contributed by atoms with van der Waals surface area (Å²) in [5, 5.41) is 0.257. The van der Waals surface area contributed by atoms with E-state index in [-0.39, 0.29) is 40.2 Å². The summed E-state index contributed by atoms with van der Waals surface area (Å²) in [6.07, 6.45) is 1.31. The Morgan fingerprint density at radius 1 is 1.08 bits per heavy atom. The summed E-state index contributed by atoms with van der Waals surface area (Å²) in [6, 6.07) is 17.1. The zero-order valence-electron chi connectivity index (χ0n) is 21.5. The second kappa shape index (κ2) is 9.80. The zero-order chi connectivity index (χ0) is 27.2. The summed E-state index contributed by atoms with van der Waals surface area (Å²) in [5.74, 6) is -0.505. The van der Waals surface area contributed by atoms with Crippen molar-refractivity contribution in [1.29, 1.82) is 0 Å². The molecule has 0 radical (unpaired) electrons. The number of carbonyl (C=O) groups is 2. The van der Waals surface area contributed by atoms with E-state index in [4.69, 9.17) is 16.6 Å². The molecule has 0 spiro atoms. The summed E-state index contributed by atoms with van der Waals surface area (Å²) in [7, 11) is 0. The third-order valence-electron chi connectivity index (χ3n) is 7.52. The van der Waals surface area contributed by atoms with Crippen LogP contribution in [-0.2, 0) is 15.0 Å². The topological polar surface area (TPSA) is 65.9 Å². The van der Waals surface area contributed by atoms with Gasteiger partial charge in [0.2, 0.25) is 5.91 Å². The number of rotatable bonds is 3. The molecule has 1 fully saturated rings. The Balaban J connectivity index is 1.70. The Morgan fingerprint density at radius 3 is 2.45 bits per heavy atom. The van der Waals surface area contributed by atoms with Gasteiger partial charge in [0, 0.05) is 36.3 Å². The van der Waals surface area contributed by atoms with Gasteiger partial charge >= 0.3 is 0 Å². The summed E-state index contributed by atoms with van der Waals surface area (Å²) in [4.78, 5) is 39.6. The van der Waals surface area contributed by atoms with Crippen LogP contribution in [0.15, 0.2) is 78.3 Å². The number of aromatic nitrogens is 1. The first-order valence-corrected chi connectivity index (χ1v) is 12.9. The lowest BCUT2D eigenvalue weighted by molar-refractivity contribution is -0.130. The molecule has 3 atom stereocenters. The third kappa shape index (κ3) is 4.11. The van der Waals surface area contributed by atoms with Gasteiger partial charge in [0.1, 0.15) is 17.1 Å². The summed E-state index contributed by atoms with van der Waals surface area (Å²) in [6.45, 7) is 10.2. The van der Waals surface area contributed by atoms with E-state index >= 15 is 0 Å². The maximum Gasteiger partial charge on any atom is 0.264 e. The minimum absolute atomic E-state index is 0.137. The van der Waals surface area contributed by atoms with Gasteiger partial charge in [0.15, 0.2) is 0 Å². The Hall–Kier alpha value is -3.84. The van der Waals surface area contributed by atoms with E-state index in [0.717, 1.165) is 5.56 Å². The Bertz CT molecular complexity index is 1470. The van der Waals surface area contributed by atoms with Gasteiger partial charge in [-0.2, -0.15) is 4.99 Å². The Labute approximate surface area is 226 Å². The van der Waals surface area contributed by atoms with Crippen LogP contribution in [0, 0.1) is 5.82 Å². The van der Waals surface area contributed by atoms with E-state index < -0.39 is 11.2 Å². The molecule has 2 amide bonds. The molecular weight excluding hydrogens is 503 g/mol. The smallest absolute Gasteiger partial charge is 0.264 e. The van der Waals surface area contributed by atoms with Crippen molar-refractivity contribution in [3.05, 3.63) is 101 Å². The molecule has 5 rings (SSSR count). The van der Waals surface area contributed by atoms with Crippen molar-refractivity contribution in [3.8, 4) is 11.3 Å². The average molecular weight is 531 g/mol. The van der Waals surface area contributed by atoms with E-state index in [1.165, 1.54) is 12.1 Å². The number of carbonyl (C=O) groups excluding carboxylic acids is 2. The predicted octanol–water partition coefficient (Wildman–Crippen LogP) is 5.24. The molecule has 0 saturated carbocycles. The van der Waals surface area contributed by atoms with Crippen LogP contribution in [0.25, 0.3) is 11.3 Å². The number of aliphatic imine (C=N–C) groups is 1. The second-order valence-electron chi connectivity index (χ2n) is 9.97. The van der Waals surface area contributed by atoms with Crippen molar-refractivity contribution in [1.82, 2.24) is 14.8 Å². The molecule has 2 aromatic carbocycles. The number of nitrogens with zero attached hydrogens (tertiary/aromatic N) is 4. The van der Waals surface area contributed by atoms with Crippen LogP contribution in [0.5, 0.6) is 0 Å². The minimum atomic E-state index is -1.21. The van der Waals surface area contributed by atoms with Crippen LogP contribution in [-0.4, -0.2) is 57.6 Å². The van der Waals surface area contributed by atoms with Crippen molar-refractivity contribution in [2.75, 3.05) is 13.1 Å². The number of hydrogen-bond donors (Lipinski definition) is 0. The van der Waals surface area contributed by atoms with Gasteiger partial charge in [-0.1, -0.05) is 60.6 Å². The number of hydrogen-bond acceptors (Lipinski definition) is 4. The van der Waals surface area contributed by atoms with Gasteiger partial charge in [0.25, 0.3) is 5.91 Å². The fraction of sp³-hybridized carbons (Fsp3) is 0.267. The van der Waals surface area contributed by atoms with Crippen LogP contribution in [0.3, 0.4) is 0 Å². The lowest BCUT2D eigenvalue weighted by Crippen LogP contribution is -2.60. The standard InChI is InChI=1S/C30H28ClFN4O2/c1-5-25(37)35-16-19(3)36(17-18(35)2)28-22-15-23(31)26(21-13-9-10-14-24(21)32)33-27(22)30(4,29(38)34-28)20-11-7-6-8-12-20/h5-15,18-19H,1,16-17H2,2-4H3. The maximum atomic E-state index is 14.8. The lowest BCUT2D eigenvalue weighted by Gasteiger charge is -2.46. The van der Waals surface area contributed by atoms with Crippen LogP contribution >= 0.6 is 11.6 Å². The van der Waals surface area contributed by atoms with Crippen molar-refractivity contribution in [2.24, 2.45) is 4.99 Å². The zero-order valence-corrected chi connectivity index (χ0v) is 22.2. The van der Waals surface area contributed by atoms with E-state index in [1.807, 2.05) is 49.1 Å². The highest BCUT2D eigenvalue weighted by Gasteiger charge is 2.47. The first kappa shape index (κ1) is 25.8. The molecule has 0 aliphatic carbocycles. The van der Waals surface area contributed by atoms with Gasteiger partial charge in [-0.15, -0.1) is 0 Å². The third-order valence-corrected chi connectivity index (χ3v) is 7.81. The van der Waals surface area contributed by atoms with E-state index in [9.17, 15) is 14.0 Å². The number of amides is 2. The van der Waals surface area contributed by atoms with E-state index in [0.29, 0.717) is 30.2 Å². The number of benzene rings is 2. The number of piperazine rings is 1. The van der Waals surface area contributed by atoms with Crippen LogP contribution < -0.4 is 0 Å². The molecule has 2 aliphatic heterocycles. The van der Waals surface area contributed by atoms with Gasteiger partial charge in [-0.25, -0.2) is 9.37 Å². The molecule has 8 heteroatoms. The van der Waals surface area contributed by atoms with Crippen LogP contribution in [0.1, 0.15) is 37.6 Å². The van der Waals surface area contributed by atoms with E-state index in [2.05, 4.69) is 11.6 Å². The molecule has 194 valence electrons. The SMILES string of the molecule is C=CC(=O)N1CC(C)N(C2=NC(=O)C(C)(c3ccccc3)c3nc(-c4ccccc4F)c(Cl)cc32)CC1C. The number of pyridine rings is 1. The first-order chi connectivity index (χ1) is 18.2. The normalized spacial score (nSPS) is 23.1. The van der Waals surface area contributed by atoms with Crippen molar-refractivity contribution < 1.29 is 14.0 Å². The van der Waals surface area contributed by atoms with Crippen molar-refractivity contribution in [3.63, 3.8) is 0 Å². The van der Waals surface area contributed by atoms with Crippen LogP contribution in [0.2, 0.25) is 5.02 Å². The largest absolute Gasteiger partial charge is 0.349 e.